The molecule has 0 radical (unpaired) electrons. The van der Waals surface area contributed by atoms with E-state index in [-0.39, 0.29) is 59.1 Å². The Kier molecular flexibility index (Phi) is 34.0. The van der Waals surface area contributed by atoms with Crippen LogP contribution in [-0.2, 0) is 14.2 Å². The maximum atomic E-state index is 9.50. The second-order valence-corrected chi connectivity index (χ2v) is 2.02. The minimum absolute atomic E-state index is 0. The molecule has 0 aromatic carbocycles. The molecule has 0 aliphatic rings. The van der Waals surface area contributed by atoms with E-state index in [4.69, 9.17) is 10.1 Å². The van der Waals surface area contributed by atoms with Crippen LogP contribution in [0.1, 0.15) is 12.8 Å². The molecule has 0 saturated carbocycles. The SMILES string of the molecule is O=C([O-])CCC(=O)[O-].OO[SiH2]O.[Na+].[Na+]. The summed E-state index contributed by atoms with van der Waals surface area (Å²) in [5.41, 5.74) is 0. The predicted octanol–water partition coefficient (Wildman–Crippen LogP) is -10.3. The Morgan fingerprint density at radius 2 is 1.36 bits per heavy atom. The smallest absolute Gasteiger partial charge is 0.550 e. The van der Waals surface area contributed by atoms with Crippen LogP contribution in [0.4, 0.5) is 0 Å². The predicted molar refractivity (Wildman–Crippen MR) is 33.7 cm³/mol. The summed E-state index contributed by atoms with van der Waals surface area (Å²) < 4.78 is 3.24. The standard InChI is InChI=1S/C4H6O4.2Na.H4O3Si/c5-3(6)1-2-4(7)8;;;1-3-4-2/h1-2H2,(H,5,6)(H,7,8);;;1-2H,4H2/q;2*+1;/p-2. The molecule has 0 aliphatic carbocycles. The van der Waals surface area contributed by atoms with Gasteiger partial charge in [-0.25, -0.2) is 0 Å². The topological polar surface area (TPSA) is 130 Å². The van der Waals surface area contributed by atoms with Gasteiger partial charge in [-0.05, 0) is 12.8 Å². The molecule has 10 heteroatoms. The van der Waals surface area contributed by atoms with Crippen LogP contribution >= 0.6 is 0 Å². The molecule has 0 fully saturated rings. The van der Waals surface area contributed by atoms with Gasteiger partial charge in [-0.2, -0.15) is 0 Å². The zero-order valence-corrected chi connectivity index (χ0v) is 13.5. The van der Waals surface area contributed by atoms with Gasteiger partial charge in [-0.15, -0.1) is 0 Å². The average molecular weight is 242 g/mol. The van der Waals surface area contributed by atoms with Crippen LogP contribution in [0.25, 0.3) is 0 Å². The van der Waals surface area contributed by atoms with Gasteiger partial charge in [0.05, 0.1) is 0 Å². The van der Waals surface area contributed by atoms with Gasteiger partial charge < -0.3 is 24.6 Å². The van der Waals surface area contributed by atoms with E-state index in [1.165, 1.54) is 0 Å². The van der Waals surface area contributed by atoms with Gasteiger partial charge in [0.2, 0.25) is 0 Å². The van der Waals surface area contributed by atoms with Gasteiger partial charge in [0.25, 0.3) is 0 Å². The fraction of sp³-hybridized carbons (Fsp3) is 0.500. The van der Waals surface area contributed by atoms with Crippen molar-refractivity contribution in [3.63, 3.8) is 0 Å². The van der Waals surface area contributed by atoms with Crippen molar-refractivity contribution in [3.05, 3.63) is 0 Å². The first-order chi connectivity index (χ1) is 5.54. The minimum Gasteiger partial charge on any atom is -0.550 e. The third-order valence-corrected chi connectivity index (χ3v) is 0.706. The fourth-order valence-corrected chi connectivity index (χ4v) is 0.204. The molecule has 0 amide bonds. The summed E-state index contributed by atoms with van der Waals surface area (Å²) in [7, 11) is -1.52. The first-order valence-corrected chi connectivity index (χ1v) is 4.02. The fourth-order valence-electron chi connectivity index (χ4n) is 0.204. The average Bonchev–Trinajstić information content (AvgIpc) is 2.01. The van der Waals surface area contributed by atoms with E-state index in [1.807, 2.05) is 0 Å². The number of carboxylic acids is 2. The molecular formula is C4H8Na2O7Si. The molecule has 0 rings (SSSR count). The molecule has 0 heterocycles. The van der Waals surface area contributed by atoms with Crippen molar-refractivity contribution in [2.45, 2.75) is 12.8 Å². The van der Waals surface area contributed by atoms with E-state index < -0.39 is 34.8 Å². The number of carbonyl (C=O) groups excluding carboxylic acids is 2. The molecule has 14 heavy (non-hydrogen) atoms. The number of carboxylic acid groups (broad SMARTS) is 2. The molecule has 72 valence electrons. The first-order valence-electron chi connectivity index (χ1n) is 2.81. The Morgan fingerprint density at radius 3 is 1.43 bits per heavy atom. The summed E-state index contributed by atoms with van der Waals surface area (Å²) in [6.45, 7) is 0. The molecule has 2 N–H and O–H groups in total. The summed E-state index contributed by atoms with van der Waals surface area (Å²) in [4.78, 5) is 26.5. The monoisotopic (exact) mass is 242 g/mol. The summed E-state index contributed by atoms with van der Waals surface area (Å²) in [6.07, 6.45) is -0.940. The Labute approximate surface area is 127 Å². The van der Waals surface area contributed by atoms with E-state index in [0.29, 0.717) is 0 Å². The third kappa shape index (κ3) is 38.1. The molecular weight excluding hydrogens is 234 g/mol. The molecule has 0 aliphatic heterocycles. The number of aliphatic carboxylic acids is 2. The third-order valence-electron chi connectivity index (χ3n) is 0.591. The first kappa shape index (κ1) is 24.3. The molecule has 0 unspecified atom stereocenters. The van der Waals surface area contributed by atoms with Gasteiger partial charge in [0.15, 0.2) is 0 Å². The summed E-state index contributed by atoms with van der Waals surface area (Å²) >= 11 is 0. The number of rotatable bonds is 4. The van der Waals surface area contributed by atoms with Gasteiger partial charge in [-0.3, -0.25) is 9.83 Å². The molecule has 0 saturated heterocycles. The van der Waals surface area contributed by atoms with Crippen molar-refractivity contribution in [1.82, 2.24) is 0 Å². The summed E-state index contributed by atoms with van der Waals surface area (Å²) in [5, 5.41) is 26.2. The molecule has 7 nitrogen and oxygen atoms in total. The van der Waals surface area contributed by atoms with Crippen molar-refractivity contribution >= 4 is 21.9 Å². The van der Waals surface area contributed by atoms with Gasteiger partial charge in [0.1, 0.15) is 0 Å². The molecule has 0 spiro atoms. The molecule has 0 bridgehead atoms. The van der Waals surface area contributed by atoms with Crippen LogP contribution < -0.4 is 69.3 Å². The summed E-state index contributed by atoms with van der Waals surface area (Å²) in [5.74, 6) is -2.73. The number of hydrogen-bond acceptors (Lipinski definition) is 7. The Balaban J connectivity index is -0.0000000733. The van der Waals surface area contributed by atoms with Gasteiger partial charge in [-0.1, -0.05) is 0 Å². The van der Waals surface area contributed by atoms with E-state index in [0.717, 1.165) is 0 Å². The van der Waals surface area contributed by atoms with Crippen LogP contribution in [-0.4, -0.2) is 32.0 Å². The maximum Gasteiger partial charge on any atom is 1.00 e. The number of hydrogen-bond donors (Lipinski definition) is 2. The number of carbonyl (C=O) groups is 2. The second-order valence-electron chi connectivity index (χ2n) is 1.50. The maximum absolute atomic E-state index is 9.50. The minimum atomic E-state index is -1.52. The van der Waals surface area contributed by atoms with Crippen molar-refractivity contribution in [1.29, 1.82) is 0 Å². The van der Waals surface area contributed by atoms with E-state index in [9.17, 15) is 19.8 Å². The van der Waals surface area contributed by atoms with E-state index in [1.54, 1.807) is 0 Å². The second kappa shape index (κ2) is 19.6. The Hall–Kier alpha value is 1.04. The van der Waals surface area contributed by atoms with Crippen LogP contribution in [0.5, 0.6) is 0 Å². The van der Waals surface area contributed by atoms with Crippen LogP contribution in [0.2, 0.25) is 0 Å². The zero-order chi connectivity index (χ0) is 9.98. The van der Waals surface area contributed by atoms with Crippen molar-refractivity contribution in [2.24, 2.45) is 0 Å². The van der Waals surface area contributed by atoms with Crippen LogP contribution in [0, 0.1) is 0 Å². The van der Waals surface area contributed by atoms with E-state index in [2.05, 4.69) is 4.58 Å². The van der Waals surface area contributed by atoms with Crippen LogP contribution in [0.3, 0.4) is 0 Å². The quantitative estimate of drug-likeness (QED) is 0.284. The van der Waals surface area contributed by atoms with Crippen molar-refractivity contribution in [3.8, 4) is 0 Å². The van der Waals surface area contributed by atoms with Gasteiger partial charge in [0, 0.05) is 11.9 Å². The largest absolute Gasteiger partial charge is 1.00 e. The summed E-state index contributed by atoms with van der Waals surface area (Å²) in [6, 6.07) is 0. The van der Waals surface area contributed by atoms with Crippen molar-refractivity contribution in [2.75, 3.05) is 0 Å². The van der Waals surface area contributed by atoms with Gasteiger partial charge >= 0.3 is 69.1 Å². The Bertz CT molecular complexity index is 128. The van der Waals surface area contributed by atoms with Crippen molar-refractivity contribution < 1.29 is 93.5 Å². The zero-order valence-electron chi connectivity index (χ0n) is 8.06. The Morgan fingerprint density at radius 1 is 1.14 bits per heavy atom. The van der Waals surface area contributed by atoms with Crippen LogP contribution in [0.15, 0.2) is 0 Å². The molecule has 0 aromatic heterocycles. The molecule has 0 atom stereocenters. The molecule has 0 aromatic rings. The van der Waals surface area contributed by atoms with E-state index >= 15 is 0 Å². The normalized spacial score (nSPS) is 7.86.